The number of nitrogens with one attached hydrogen (secondary N) is 1. The maximum absolute atomic E-state index is 12.3. The van der Waals surface area contributed by atoms with Gasteiger partial charge in [-0.3, -0.25) is 9.59 Å². The fourth-order valence-electron chi connectivity index (χ4n) is 3.32. The van der Waals surface area contributed by atoms with E-state index in [0.29, 0.717) is 24.4 Å². The van der Waals surface area contributed by atoms with Crippen molar-refractivity contribution in [3.8, 4) is 0 Å². The third kappa shape index (κ3) is 6.80. The lowest BCUT2D eigenvalue weighted by Crippen LogP contribution is -2.49. The highest BCUT2D eigenvalue weighted by molar-refractivity contribution is 5.94. The highest BCUT2D eigenvalue weighted by Gasteiger charge is 2.22. The summed E-state index contributed by atoms with van der Waals surface area (Å²) >= 11 is 0. The molecule has 0 aliphatic carbocycles. The molecule has 6 nitrogen and oxygen atoms in total. The van der Waals surface area contributed by atoms with Gasteiger partial charge in [-0.05, 0) is 24.5 Å². The summed E-state index contributed by atoms with van der Waals surface area (Å²) in [5.41, 5.74) is 0.599. The highest BCUT2D eigenvalue weighted by atomic mass is 16.2. The van der Waals surface area contributed by atoms with Crippen molar-refractivity contribution in [2.75, 3.05) is 37.6 Å². The average molecular weight is 389 g/mol. The molecule has 1 aromatic heterocycles. The van der Waals surface area contributed by atoms with Crippen LogP contribution in [-0.2, 0) is 4.79 Å². The first-order chi connectivity index (χ1) is 13.5. The van der Waals surface area contributed by atoms with E-state index >= 15 is 0 Å². The highest BCUT2D eigenvalue weighted by Crippen LogP contribution is 2.16. The van der Waals surface area contributed by atoms with Gasteiger partial charge in [-0.25, -0.2) is 4.98 Å². The Morgan fingerprint density at radius 1 is 1.11 bits per heavy atom. The van der Waals surface area contributed by atoms with Gasteiger partial charge in [0.05, 0.1) is 5.56 Å². The molecule has 1 aromatic rings. The van der Waals surface area contributed by atoms with Crippen LogP contribution in [0.4, 0.5) is 5.82 Å². The van der Waals surface area contributed by atoms with Crippen molar-refractivity contribution >= 4 is 17.6 Å². The van der Waals surface area contributed by atoms with E-state index in [1.54, 1.807) is 6.20 Å². The molecule has 2 amide bonds. The Balaban J connectivity index is 1.78. The van der Waals surface area contributed by atoms with Gasteiger partial charge in [0.2, 0.25) is 5.91 Å². The van der Waals surface area contributed by atoms with Crippen LogP contribution in [0.2, 0.25) is 0 Å². The van der Waals surface area contributed by atoms with Crippen LogP contribution < -0.4 is 10.2 Å². The van der Waals surface area contributed by atoms with Crippen molar-refractivity contribution in [2.24, 2.45) is 5.92 Å². The molecule has 0 spiro atoms. The summed E-state index contributed by atoms with van der Waals surface area (Å²) in [6, 6.07) is 3.74. The summed E-state index contributed by atoms with van der Waals surface area (Å²) in [4.78, 5) is 33.1. The molecule has 0 radical (unpaired) electrons. The van der Waals surface area contributed by atoms with Gasteiger partial charge in [-0.1, -0.05) is 46.5 Å². The zero-order chi connectivity index (χ0) is 20.4. The van der Waals surface area contributed by atoms with Gasteiger partial charge in [-0.2, -0.15) is 0 Å². The molecule has 0 aromatic carbocycles. The number of amides is 2. The summed E-state index contributed by atoms with van der Waals surface area (Å²) in [6.45, 7) is 10.2. The van der Waals surface area contributed by atoms with Crippen LogP contribution in [0.15, 0.2) is 18.3 Å². The number of carbonyl (C=O) groups excluding carboxylic acids is 2. The van der Waals surface area contributed by atoms with Gasteiger partial charge in [0.25, 0.3) is 5.91 Å². The van der Waals surface area contributed by atoms with E-state index in [1.807, 2.05) is 17.0 Å². The van der Waals surface area contributed by atoms with Crippen LogP contribution in [0, 0.1) is 5.92 Å². The zero-order valence-corrected chi connectivity index (χ0v) is 17.7. The lowest BCUT2D eigenvalue weighted by molar-refractivity contribution is -0.132. The molecule has 1 aliphatic rings. The largest absolute Gasteiger partial charge is 0.353 e. The number of nitrogens with zero attached hydrogens (tertiary/aromatic N) is 3. The van der Waals surface area contributed by atoms with Crippen molar-refractivity contribution < 1.29 is 9.59 Å². The van der Waals surface area contributed by atoms with E-state index < -0.39 is 0 Å². The van der Waals surface area contributed by atoms with E-state index in [1.165, 1.54) is 12.8 Å². The number of unbranched alkanes of at least 4 members (excludes halogenated alkanes) is 3. The Hall–Kier alpha value is -2.11. The Morgan fingerprint density at radius 3 is 2.46 bits per heavy atom. The fraction of sp³-hybridized carbons (Fsp3) is 0.682. The van der Waals surface area contributed by atoms with Crippen molar-refractivity contribution in [3.05, 3.63) is 23.9 Å². The second kappa shape index (κ2) is 11.7. The number of pyridine rings is 1. The number of aromatic nitrogens is 1. The number of piperazine rings is 1. The van der Waals surface area contributed by atoms with Crippen LogP contribution in [0.25, 0.3) is 0 Å². The van der Waals surface area contributed by atoms with Crippen LogP contribution >= 0.6 is 0 Å². The minimum atomic E-state index is -0.0593. The summed E-state index contributed by atoms with van der Waals surface area (Å²) in [6.07, 6.45) is 7.90. The average Bonchev–Trinajstić information content (AvgIpc) is 2.73. The topological polar surface area (TPSA) is 65.5 Å². The second-order valence-corrected chi connectivity index (χ2v) is 7.81. The standard InChI is InChI=1S/C22H36N4O2/c1-4-6-7-8-11-23-22(28)19-9-10-20(24-17-19)25-12-14-26(15-13-25)21(27)16-18(3)5-2/h9-10,17-18H,4-8,11-16H2,1-3H3,(H,23,28). The predicted octanol–water partition coefficient (Wildman–Crippen LogP) is 3.48. The van der Waals surface area contributed by atoms with Gasteiger partial charge in [0.1, 0.15) is 5.82 Å². The molecule has 28 heavy (non-hydrogen) atoms. The lowest BCUT2D eigenvalue weighted by atomic mass is 10.0. The molecule has 1 N–H and O–H groups in total. The number of carbonyl (C=O) groups is 2. The van der Waals surface area contributed by atoms with E-state index in [2.05, 4.69) is 36.0 Å². The van der Waals surface area contributed by atoms with Crippen molar-refractivity contribution in [3.63, 3.8) is 0 Å². The SMILES string of the molecule is CCCCCCNC(=O)c1ccc(N2CCN(C(=O)CC(C)CC)CC2)nc1. The summed E-state index contributed by atoms with van der Waals surface area (Å²) in [7, 11) is 0. The van der Waals surface area contributed by atoms with E-state index in [9.17, 15) is 9.59 Å². The normalized spacial score (nSPS) is 15.4. The van der Waals surface area contributed by atoms with Crippen LogP contribution in [0.3, 0.4) is 0 Å². The van der Waals surface area contributed by atoms with Crippen molar-refractivity contribution in [2.45, 2.75) is 59.3 Å². The second-order valence-electron chi connectivity index (χ2n) is 7.81. The van der Waals surface area contributed by atoms with Crippen molar-refractivity contribution in [1.29, 1.82) is 0 Å². The molecule has 1 saturated heterocycles. The summed E-state index contributed by atoms with van der Waals surface area (Å²) in [5, 5.41) is 2.96. The van der Waals surface area contributed by atoms with Gasteiger partial charge < -0.3 is 15.1 Å². The van der Waals surface area contributed by atoms with E-state index in [0.717, 1.165) is 51.3 Å². The van der Waals surface area contributed by atoms with E-state index in [-0.39, 0.29) is 11.8 Å². The van der Waals surface area contributed by atoms with Crippen molar-refractivity contribution in [1.82, 2.24) is 15.2 Å². The summed E-state index contributed by atoms with van der Waals surface area (Å²) in [5.74, 6) is 1.51. The van der Waals surface area contributed by atoms with Gasteiger partial charge >= 0.3 is 0 Å². The van der Waals surface area contributed by atoms with Gasteiger partial charge in [0, 0.05) is 45.3 Å². The molecule has 0 saturated carbocycles. The third-order valence-electron chi connectivity index (χ3n) is 5.50. The molecular formula is C22H36N4O2. The molecule has 6 heteroatoms. The predicted molar refractivity (Wildman–Crippen MR) is 114 cm³/mol. The van der Waals surface area contributed by atoms with Crippen LogP contribution in [-0.4, -0.2) is 54.4 Å². The fourth-order valence-corrected chi connectivity index (χ4v) is 3.32. The maximum Gasteiger partial charge on any atom is 0.252 e. The quantitative estimate of drug-likeness (QED) is 0.623. The minimum absolute atomic E-state index is 0.0593. The maximum atomic E-state index is 12.3. The molecule has 2 heterocycles. The number of hydrogen-bond acceptors (Lipinski definition) is 4. The molecule has 2 rings (SSSR count). The molecule has 1 atom stereocenters. The Labute approximate surface area is 169 Å². The van der Waals surface area contributed by atoms with E-state index in [4.69, 9.17) is 0 Å². The lowest BCUT2D eigenvalue weighted by Gasteiger charge is -2.35. The van der Waals surface area contributed by atoms with Gasteiger partial charge in [-0.15, -0.1) is 0 Å². The molecular weight excluding hydrogens is 352 g/mol. The molecule has 1 unspecified atom stereocenters. The first-order valence-corrected chi connectivity index (χ1v) is 10.8. The number of rotatable bonds is 10. The minimum Gasteiger partial charge on any atom is -0.353 e. The zero-order valence-electron chi connectivity index (χ0n) is 17.7. The Kier molecular flexibility index (Phi) is 9.24. The first kappa shape index (κ1) is 22.2. The number of anilines is 1. The first-order valence-electron chi connectivity index (χ1n) is 10.8. The smallest absolute Gasteiger partial charge is 0.252 e. The Bertz CT molecular complexity index is 609. The molecule has 1 aliphatic heterocycles. The molecule has 156 valence electrons. The Morgan fingerprint density at radius 2 is 1.86 bits per heavy atom. The molecule has 0 bridgehead atoms. The third-order valence-corrected chi connectivity index (χ3v) is 5.50. The monoisotopic (exact) mass is 388 g/mol. The molecule has 1 fully saturated rings. The number of hydrogen-bond donors (Lipinski definition) is 1. The van der Waals surface area contributed by atoms with Crippen LogP contribution in [0.1, 0.15) is 69.7 Å². The van der Waals surface area contributed by atoms with Gasteiger partial charge in [0.15, 0.2) is 0 Å². The summed E-state index contributed by atoms with van der Waals surface area (Å²) < 4.78 is 0. The van der Waals surface area contributed by atoms with Crippen LogP contribution in [0.5, 0.6) is 0 Å².